The first-order valence-electron chi connectivity index (χ1n) is 6.31. The van der Waals surface area contributed by atoms with Gasteiger partial charge in [-0.1, -0.05) is 41.9 Å². The molecule has 3 rings (SSSR count). The van der Waals surface area contributed by atoms with E-state index in [1.165, 1.54) is 0 Å². The first-order valence-corrected chi connectivity index (χ1v) is 7.77. The number of carboxylic acid groups (broad SMARTS) is 1. The van der Waals surface area contributed by atoms with Crippen LogP contribution in [0.2, 0.25) is 5.02 Å². The van der Waals surface area contributed by atoms with E-state index in [1.807, 2.05) is 42.5 Å². The largest absolute Gasteiger partial charge is 0.511 e. The molecule has 0 aliphatic carbocycles. The van der Waals surface area contributed by atoms with E-state index in [4.69, 9.17) is 21.4 Å². The summed E-state index contributed by atoms with van der Waals surface area (Å²) >= 11 is 8.50. The van der Waals surface area contributed by atoms with Crippen molar-refractivity contribution < 1.29 is 14.6 Å². The predicted molar refractivity (Wildman–Crippen MR) is 93.6 cm³/mol. The molecule has 0 spiro atoms. The van der Waals surface area contributed by atoms with Crippen molar-refractivity contribution in [2.45, 2.75) is 0 Å². The second-order valence-electron chi connectivity index (χ2n) is 4.50. The van der Waals surface area contributed by atoms with Gasteiger partial charge in [-0.25, -0.2) is 9.78 Å². The normalized spacial score (nSPS) is 10.6. The molecule has 0 bridgehead atoms. The number of hydrogen-bond donors (Lipinski definition) is 1. The molecule has 4 nitrogen and oxygen atoms in total. The van der Waals surface area contributed by atoms with Gasteiger partial charge in [0.1, 0.15) is 5.02 Å². The number of aromatic nitrogens is 1. The molecule has 0 amide bonds. The Balaban J connectivity index is 2.33. The van der Waals surface area contributed by atoms with Crippen molar-refractivity contribution in [3.05, 3.63) is 57.1 Å². The fourth-order valence-corrected chi connectivity index (χ4v) is 2.94. The molecule has 0 aliphatic heterocycles. The van der Waals surface area contributed by atoms with E-state index < -0.39 is 6.16 Å². The highest BCUT2D eigenvalue weighted by atomic mass is 127. The molecule has 0 saturated heterocycles. The standard InChI is InChI=1S/C16H9ClINO3/c17-13-14(9-4-2-1-3-5-9)19-12-7-6-10(18)8-11(12)15(13)22-16(20)21/h1-8H,(H,20,21). The topological polar surface area (TPSA) is 59.4 Å². The van der Waals surface area contributed by atoms with Crippen LogP contribution in [0.5, 0.6) is 5.75 Å². The summed E-state index contributed by atoms with van der Waals surface area (Å²) in [6, 6.07) is 14.8. The van der Waals surface area contributed by atoms with Crippen molar-refractivity contribution in [2.75, 3.05) is 0 Å². The molecular formula is C16H9ClINO3. The molecule has 0 unspecified atom stereocenters. The van der Waals surface area contributed by atoms with E-state index >= 15 is 0 Å². The van der Waals surface area contributed by atoms with Crippen LogP contribution >= 0.6 is 34.2 Å². The Bertz CT molecular complexity index is 868. The lowest BCUT2D eigenvalue weighted by atomic mass is 10.1. The van der Waals surface area contributed by atoms with E-state index in [-0.39, 0.29) is 10.8 Å². The molecule has 1 heterocycles. The number of fused-ring (bicyclic) bond motifs is 1. The van der Waals surface area contributed by atoms with Gasteiger partial charge >= 0.3 is 6.16 Å². The van der Waals surface area contributed by atoms with Crippen LogP contribution in [0.25, 0.3) is 22.2 Å². The van der Waals surface area contributed by atoms with Crippen LogP contribution in [-0.2, 0) is 0 Å². The Hall–Kier alpha value is -1.86. The summed E-state index contributed by atoms with van der Waals surface area (Å²) in [6.45, 7) is 0. The van der Waals surface area contributed by atoms with Crippen molar-refractivity contribution in [3.8, 4) is 17.0 Å². The van der Waals surface area contributed by atoms with Gasteiger partial charge in [0.05, 0.1) is 11.2 Å². The molecule has 2 aromatic carbocycles. The summed E-state index contributed by atoms with van der Waals surface area (Å²) in [7, 11) is 0. The van der Waals surface area contributed by atoms with Crippen LogP contribution in [0, 0.1) is 3.57 Å². The Labute approximate surface area is 144 Å². The molecule has 3 aromatic rings. The van der Waals surface area contributed by atoms with Gasteiger partial charge in [0.25, 0.3) is 0 Å². The van der Waals surface area contributed by atoms with Crippen LogP contribution in [0.3, 0.4) is 0 Å². The number of benzene rings is 2. The molecule has 0 radical (unpaired) electrons. The summed E-state index contributed by atoms with van der Waals surface area (Å²) < 4.78 is 5.85. The van der Waals surface area contributed by atoms with Crippen LogP contribution < -0.4 is 4.74 Å². The summed E-state index contributed by atoms with van der Waals surface area (Å²) in [5.41, 5.74) is 1.91. The number of halogens is 2. The average molecular weight is 426 g/mol. The Morgan fingerprint density at radius 1 is 1.18 bits per heavy atom. The lowest BCUT2D eigenvalue weighted by molar-refractivity contribution is 0.145. The number of nitrogens with zero attached hydrogens (tertiary/aromatic N) is 1. The zero-order chi connectivity index (χ0) is 15.7. The Morgan fingerprint density at radius 3 is 2.59 bits per heavy atom. The molecule has 110 valence electrons. The number of pyridine rings is 1. The fraction of sp³-hybridized carbons (Fsp3) is 0. The summed E-state index contributed by atoms with van der Waals surface area (Å²) in [4.78, 5) is 15.5. The van der Waals surface area contributed by atoms with Crippen molar-refractivity contribution >= 4 is 51.3 Å². The third-order valence-corrected chi connectivity index (χ3v) is 4.10. The summed E-state index contributed by atoms with van der Waals surface area (Å²) in [6.07, 6.45) is -1.41. The molecule has 0 atom stereocenters. The second-order valence-corrected chi connectivity index (χ2v) is 6.12. The third-order valence-electron chi connectivity index (χ3n) is 3.08. The van der Waals surface area contributed by atoms with Crippen molar-refractivity contribution in [1.29, 1.82) is 0 Å². The molecule has 6 heteroatoms. The van der Waals surface area contributed by atoms with Gasteiger partial charge in [-0.15, -0.1) is 0 Å². The Kier molecular flexibility index (Phi) is 4.17. The maximum absolute atomic E-state index is 11.0. The van der Waals surface area contributed by atoms with Gasteiger partial charge in [0.15, 0.2) is 5.75 Å². The van der Waals surface area contributed by atoms with Gasteiger partial charge < -0.3 is 9.84 Å². The number of hydrogen-bond acceptors (Lipinski definition) is 3. The zero-order valence-electron chi connectivity index (χ0n) is 11.1. The van der Waals surface area contributed by atoms with E-state index in [9.17, 15) is 4.79 Å². The van der Waals surface area contributed by atoms with E-state index in [0.717, 1.165) is 9.13 Å². The minimum absolute atomic E-state index is 0.108. The molecular weight excluding hydrogens is 417 g/mol. The second kappa shape index (κ2) is 6.10. The van der Waals surface area contributed by atoms with Crippen molar-refractivity contribution in [2.24, 2.45) is 0 Å². The minimum atomic E-state index is -1.41. The third kappa shape index (κ3) is 2.86. The summed E-state index contributed by atoms with van der Waals surface area (Å²) in [5.74, 6) is 0.108. The smallest absolute Gasteiger partial charge is 0.449 e. The number of carbonyl (C=O) groups is 1. The molecule has 0 saturated carbocycles. The number of ether oxygens (including phenoxy) is 1. The van der Waals surface area contributed by atoms with Crippen LogP contribution in [-0.4, -0.2) is 16.2 Å². The maximum Gasteiger partial charge on any atom is 0.511 e. The van der Waals surface area contributed by atoms with Crippen LogP contribution in [0.4, 0.5) is 4.79 Å². The van der Waals surface area contributed by atoms with E-state index in [2.05, 4.69) is 27.6 Å². The van der Waals surface area contributed by atoms with Gasteiger partial charge in [0, 0.05) is 14.5 Å². The highest BCUT2D eigenvalue weighted by molar-refractivity contribution is 14.1. The first kappa shape index (κ1) is 15.1. The molecule has 1 aromatic heterocycles. The Morgan fingerprint density at radius 2 is 1.91 bits per heavy atom. The van der Waals surface area contributed by atoms with Gasteiger partial charge in [0.2, 0.25) is 0 Å². The zero-order valence-corrected chi connectivity index (χ0v) is 14.0. The van der Waals surface area contributed by atoms with E-state index in [1.54, 1.807) is 6.07 Å². The highest BCUT2D eigenvalue weighted by Gasteiger charge is 2.18. The fourth-order valence-electron chi connectivity index (χ4n) is 2.16. The average Bonchev–Trinajstić information content (AvgIpc) is 2.51. The SMILES string of the molecule is O=C(O)Oc1c(Cl)c(-c2ccccc2)nc2ccc(I)cc12. The van der Waals surface area contributed by atoms with Gasteiger partial charge in [-0.2, -0.15) is 0 Å². The van der Waals surface area contributed by atoms with Crippen LogP contribution in [0.1, 0.15) is 0 Å². The number of rotatable bonds is 2. The van der Waals surface area contributed by atoms with E-state index in [0.29, 0.717) is 16.6 Å². The molecule has 1 N–H and O–H groups in total. The lowest BCUT2D eigenvalue weighted by Crippen LogP contribution is -2.05. The molecule has 0 aliphatic rings. The maximum atomic E-state index is 11.0. The van der Waals surface area contributed by atoms with Gasteiger partial charge in [-0.3, -0.25) is 0 Å². The first-order chi connectivity index (χ1) is 10.6. The predicted octanol–water partition coefficient (Wildman–Crippen LogP) is 5.22. The van der Waals surface area contributed by atoms with Crippen molar-refractivity contribution in [1.82, 2.24) is 4.98 Å². The molecule has 0 fully saturated rings. The van der Waals surface area contributed by atoms with Crippen LogP contribution in [0.15, 0.2) is 48.5 Å². The minimum Gasteiger partial charge on any atom is -0.449 e. The highest BCUT2D eigenvalue weighted by Crippen LogP contribution is 2.39. The monoisotopic (exact) mass is 425 g/mol. The quantitative estimate of drug-likeness (QED) is 0.452. The molecule has 22 heavy (non-hydrogen) atoms. The summed E-state index contributed by atoms with van der Waals surface area (Å²) in [5, 5.41) is 9.73. The lowest BCUT2D eigenvalue weighted by Gasteiger charge is -2.12. The van der Waals surface area contributed by atoms with Gasteiger partial charge in [-0.05, 0) is 40.8 Å². The van der Waals surface area contributed by atoms with Crippen molar-refractivity contribution in [3.63, 3.8) is 0 Å².